The summed E-state index contributed by atoms with van der Waals surface area (Å²) >= 11 is 0. The van der Waals surface area contributed by atoms with Crippen molar-refractivity contribution in [2.75, 3.05) is 0 Å². The average molecular weight is 296 g/mol. The molecule has 0 aliphatic heterocycles. The Labute approximate surface area is 163 Å². The largest absolute Gasteiger partial charge is 1.00 e. The maximum atomic E-state index is 10.2. The van der Waals surface area contributed by atoms with Crippen molar-refractivity contribution in [3.8, 4) is 0 Å². The normalized spacial score (nSPS) is 10.8. The first-order valence-electron chi connectivity index (χ1n) is 8.47. The molecule has 0 unspecified atom stereocenters. The van der Waals surface area contributed by atoms with E-state index >= 15 is 0 Å². The van der Waals surface area contributed by atoms with Gasteiger partial charge in [0.15, 0.2) is 0 Å². The molecule has 0 N–H and O–H groups in total. The summed E-state index contributed by atoms with van der Waals surface area (Å²) in [6, 6.07) is 0. The molecular formula is C16H31KO2. The standard InChI is InChI=1S/C16H32O2.K/c1-2-3-4-5-6-7-8-9-10-11-12-13-14-15-16(17)18;/h2-15H2,1H3,(H,17,18);/q;+1/p-1/i1D;. The van der Waals surface area contributed by atoms with Crippen molar-refractivity contribution in [3.63, 3.8) is 0 Å². The Hall–Kier alpha value is 1.11. The number of hydrogen-bond acceptors (Lipinski definition) is 2. The molecule has 19 heavy (non-hydrogen) atoms. The zero-order chi connectivity index (χ0) is 14.2. The topological polar surface area (TPSA) is 40.1 Å². The van der Waals surface area contributed by atoms with Crippen LogP contribution in [0.15, 0.2) is 0 Å². The fourth-order valence-corrected chi connectivity index (χ4v) is 2.21. The van der Waals surface area contributed by atoms with E-state index in [1.54, 1.807) is 0 Å². The summed E-state index contributed by atoms with van der Waals surface area (Å²) in [6.07, 6.45) is 16.1. The van der Waals surface area contributed by atoms with Crippen LogP contribution in [0.25, 0.3) is 0 Å². The van der Waals surface area contributed by atoms with Crippen LogP contribution in [0.4, 0.5) is 0 Å². The van der Waals surface area contributed by atoms with Crippen LogP contribution in [0.2, 0.25) is 0 Å². The molecule has 0 fully saturated rings. The number of carboxylic acid groups (broad SMARTS) is 1. The van der Waals surface area contributed by atoms with Gasteiger partial charge in [-0.3, -0.25) is 0 Å². The molecule has 0 amide bonds. The van der Waals surface area contributed by atoms with Crippen LogP contribution >= 0.6 is 0 Å². The van der Waals surface area contributed by atoms with Crippen molar-refractivity contribution >= 4 is 5.97 Å². The third-order valence-corrected chi connectivity index (χ3v) is 3.38. The van der Waals surface area contributed by atoms with E-state index in [9.17, 15) is 9.90 Å². The Balaban J connectivity index is 0. The Morgan fingerprint density at radius 2 is 1.16 bits per heavy atom. The van der Waals surface area contributed by atoms with Gasteiger partial charge in [0.1, 0.15) is 0 Å². The number of aliphatic carboxylic acids is 1. The Morgan fingerprint density at radius 3 is 1.53 bits per heavy atom. The molecule has 0 saturated heterocycles. The second-order valence-electron chi connectivity index (χ2n) is 5.22. The van der Waals surface area contributed by atoms with Crippen molar-refractivity contribution in [1.29, 1.82) is 0 Å². The number of hydrogen-bond donors (Lipinski definition) is 0. The quantitative estimate of drug-likeness (QED) is 0.357. The molecule has 0 saturated carbocycles. The molecule has 0 radical (unpaired) electrons. The zero-order valence-corrected chi connectivity index (χ0v) is 16.0. The molecule has 0 spiro atoms. The van der Waals surface area contributed by atoms with E-state index in [1.165, 1.54) is 64.2 Å². The number of carbonyl (C=O) groups is 1. The van der Waals surface area contributed by atoms with Gasteiger partial charge in [-0.1, -0.05) is 83.9 Å². The van der Waals surface area contributed by atoms with Crippen molar-refractivity contribution < 1.29 is 62.7 Å². The smallest absolute Gasteiger partial charge is 0.550 e. The zero-order valence-electron chi connectivity index (χ0n) is 13.9. The number of rotatable bonds is 14. The molecule has 0 aliphatic rings. The number of unbranched alkanes of at least 4 members (excludes halogenated alkanes) is 12. The summed E-state index contributed by atoms with van der Waals surface area (Å²) < 4.78 is 7.04. The van der Waals surface area contributed by atoms with Crippen LogP contribution in [0.3, 0.4) is 0 Å². The van der Waals surface area contributed by atoms with Gasteiger partial charge in [0.05, 0.1) is 0 Å². The van der Waals surface area contributed by atoms with E-state index in [0.717, 1.165) is 19.3 Å². The summed E-state index contributed by atoms with van der Waals surface area (Å²) in [5.41, 5.74) is 0. The van der Waals surface area contributed by atoms with Gasteiger partial charge in [0.2, 0.25) is 0 Å². The summed E-state index contributed by atoms with van der Waals surface area (Å²) in [6.45, 7) is 0.586. The predicted octanol–water partition coefficient (Wildman–Crippen LogP) is 1.22. The van der Waals surface area contributed by atoms with Crippen molar-refractivity contribution in [3.05, 3.63) is 0 Å². The summed E-state index contributed by atoms with van der Waals surface area (Å²) in [5, 5.41) is 10.2. The monoisotopic (exact) mass is 295 g/mol. The molecule has 0 rings (SSSR count). The van der Waals surface area contributed by atoms with Gasteiger partial charge in [0.25, 0.3) is 0 Å². The minimum atomic E-state index is -0.914. The minimum absolute atomic E-state index is 0. The van der Waals surface area contributed by atoms with Crippen molar-refractivity contribution in [1.82, 2.24) is 0 Å². The van der Waals surface area contributed by atoms with E-state index in [1.807, 2.05) is 0 Å². The van der Waals surface area contributed by atoms with Crippen molar-refractivity contribution in [2.45, 2.75) is 96.8 Å². The molecule has 0 aliphatic carbocycles. The van der Waals surface area contributed by atoms with Gasteiger partial charge in [-0.05, 0) is 12.8 Å². The first-order chi connectivity index (χ1) is 9.27. The number of carboxylic acids is 1. The molecule has 0 aromatic heterocycles. The molecule has 0 bridgehead atoms. The van der Waals surface area contributed by atoms with E-state index in [-0.39, 0.29) is 57.8 Å². The number of carbonyl (C=O) groups excluding carboxylic acids is 1. The second-order valence-corrected chi connectivity index (χ2v) is 5.22. The first-order valence-corrected chi connectivity index (χ1v) is 7.76. The predicted molar refractivity (Wildman–Crippen MR) is 75.3 cm³/mol. The van der Waals surface area contributed by atoms with Crippen LogP contribution in [-0.2, 0) is 4.79 Å². The summed E-state index contributed by atoms with van der Waals surface area (Å²) in [4.78, 5) is 10.2. The Morgan fingerprint density at radius 1 is 0.789 bits per heavy atom. The molecular weight excluding hydrogens is 263 g/mol. The minimum Gasteiger partial charge on any atom is -0.550 e. The van der Waals surface area contributed by atoms with Gasteiger partial charge in [-0.2, -0.15) is 0 Å². The Kier molecular flexibility index (Phi) is 20.2. The third-order valence-electron chi connectivity index (χ3n) is 3.38. The van der Waals surface area contributed by atoms with Gasteiger partial charge < -0.3 is 9.90 Å². The van der Waals surface area contributed by atoms with Crippen LogP contribution in [-0.4, -0.2) is 5.97 Å². The van der Waals surface area contributed by atoms with E-state index < -0.39 is 5.97 Å². The van der Waals surface area contributed by atoms with Gasteiger partial charge in [-0.15, -0.1) is 0 Å². The van der Waals surface area contributed by atoms with Gasteiger partial charge in [0, 0.05) is 7.34 Å². The molecule has 0 atom stereocenters. The second kappa shape index (κ2) is 19.1. The van der Waals surface area contributed by atoms with Crippen LogP contribution < -0.4 is 56.5 Å². The van der Waals surface area contributed by atoms with Gasteiger partial charge >= 0.3 is 51.4 Å². The SMILES string of the molecule is [2H]CCCCCCCCCCCCCCCC(=O)[O-].[K+]. The molecule has 0 aromatic rings. The summed E-state index contributed by atoms with van der Waals surface area (Å²) in [7, 11) is 0. The maximum Gasteiger partial charge on any atom is 1.00 e. The van der Waals surface area contributed by atoms with Crippen LogP contribution in [0.5, 0.6) is 0 Å². The fraction of sp³-hybridized carbons (Fsp3) is 0.938. The van der Waals surface area contributed by atoms with E-state index in [2.05, 4.69) is 0 Å². The molecule has 3 heteroatoms. The molecule has 0 aromatic carbocycles. The fourth-order valence-electron chi connectivity index (χ4n) is 2.21. The first kappa shape index (κ1) is 20.1. The third kappa shape index (κ3) is 21.6. The van der Waals surface area contributed by atoms with Crippen molar-refractivity contribution in [2.24, 2.45) is 0 Å². The van der Waals surface area contributed by atoms with Gasteiger partial charge in [-0.25, -0.2) is 0 Å². The summed E-state index contributed by atoms with van der Waals surface area (Å²) in [5.74, 6) is -0.914. The average Bonchev–Trinajstić information content (AvgIpc) is 2.39. The maximum absolute atomic E-state index is 10.2. The van der Waals surface area contributed by atoms with E-state index in [0.29, 0.717) is 6.90 Å². The van der Waals surface area contributed by atoms with E-state index in [4.69, 9.17) is 1.37 Å². The molecule has 2 nitrogen and oxygen atoms in total. The van der Waals surface area contributed by atoms with Crippen LogP contribution in [0, 0.1) is 0 Å². The molecule has 0 heterocycles. The Bertz CT molecular complexity index is 201. The molecule has 108 valence electrons. The van der Waals surface area contributed by atoms with Crippen LogP contribution in [0.1, 0.15) is 98.2 Å².